The second-order valence-electron chi connectivity index (χ2n) is 5.78. The molecule has 0 aliphatic carbocycles. The molecule has 0 spiro atoms. The minimum Gasteiger partial charge on any atom is -0.452 e. The first-order valence-electron chi connectivity index (χ1n) is 8.03. The molecule has 2 rings (SSSR count). The smallest absolute Gasteiger partial charge is 0.338 e. The molecule has 0 aliphatic rings. The summed E-state index contributed by atoms with van der Waals surface area (Å²) in [5.74, 6) is -1.70. The number of halogens is 2. The van der Waals surface area contributed by atoms with Crippen molar-refractivity contribution in [1.29, 1.82) is 0 Å². The highest BCUT2D eigenvalue weighted by Crippen LogP contribution is 2.22. The van der Waals surface area contributed by atoms with Crippen molar-refractivity contribution in [3.05, 3.63) is 63.1 Å². The minimum absolute atomic E-state index is 0.171. The van der Waals surface area contributed by atoms with E-state index in [0.29, 0.717) is 10.7 Å². The number of rotatable bonds is 6. The van der Waals surface area contributed by atoms with Crippen LogP contribution >= 0.6 is 23.2 Å². The van der Waals surface area contributed by atoms with Gasteiger partial charge in [0.05, 0.1) is 22.2 Å². The van der Waals surface area contributed by atoms with Crippen LogP contribution in [0.2, 0.25) is 10.0 Å². The van der Waals surface area contributed by atoms with Gasteiger partial charge in [-0.25, -0.2) is 4.79 Å². The summed E-state index contributed by atoms with van der Waals surface area (Å²) in [6, 6.07) is 9.79. The summed E-state index contributed by atoms with van der Waals surface area (Å²) in [5, 5.41) is 5.62. The molecule has 0 unspecified atom stereocenters. The first-order valence-corrected chi connectivity index (χ1v) is 8.78. The highest BCUT2D eigenvalue weighted by atomic mass is 35.5. The summed E-state index contributed by atoms with van der Waals surface area (Å²) in [5.41, 5.74) is 2.85. The molecule has 0 heterocycles. The number of aryl methyl sites for hydroxylation is 1. The lowest BCUT2D eigenvalue weighted by Crippen LogP contribution is -2.35. The minimum atomic E-state index is -0.719. The van der Waals surface area contributed by atoms with Gasteiger partial charge in [-0.05, 0) is 49.2 Å². The summed E-state index contributed by atoms with van der Waals surface area (Å²) < 4.78 is 4.89. The van der Waals surface area contributed by atoms with Gasteiger partial charge >= 0.3 is 5.97 Å². The average Bonchev–Trinajstić information content (AvgIpc) is 2.64. The van der Waals surface area contributed by atoms with E-state index in [2.05, 4.69) is 10.6 Å². The maximum Gasteiger partial charge on any atom is 0.338 e. The molecule has 2 amide bonds. The van der Waals surface area contributed by atoms with E-state index in [9.17, 15) is 14.4 Å². The van der Waals surface area contributed by atoms with Crippen LogP contribution in [0.1, 0.15) is 21.5 Å². The van der Waals surface area contributed by atoms with E-state index in [1.165, 1.54) is 18.2 Å². The van der Waals surface area contributed by atoms with Gasteiger partial charge in [0.25, 0.3) is 5.91 Å². The molecular formula is C19H18Cl2N2O4. The van der Waals surface area contributed by atoms with Crippen LogP contribution in [0.3, 0.4) is 0 Å². The van der Waals surface area contributed by atoms with E-state index in [1.807, 2.05) is 26.0 Å². The number of nitrogens with one attached hydrogen (secondary N) is 2. The lowest BCUT2D eigenvalue weighted by molar-refractivity contribution is -0.126. The van der Waals surface area contributed by atoms with Crippen LogP contribution in [0.5, 0.6) is 0 Å². The molecule has 0 saturated heterocycles. The summed E-state index contributed by atoms with van der Waals surface area (Å²) in [4.78, 5) is 35.6. The zero-order chi connectivity index (χ0) is 20.0. The number of esters is 1. The van der Waals surface area contributed by atoms with E-state index in [-0.39, 0.29) is 23.0 Å². The molecule has 2 N–H and O–H groups in total. The molecular weight excluding hydrogens is 391 g/mol. The molecule has 6 nitrogen and oxygen atoms in total. The fourth-order valence-electron chi connectivity index (χ4n) is 2.15. The first-order chi connectivity index (χ1) is 12.8. The molecule has 0 bridgehead atoms. The molecule has 2 aromatic carbocycles. The first kappa shape index (κ1) is 20.7. The molecule has 8 heteroatoms. The third kappa shape index (κ3) is 5.98. The van der Waals surface area contributed by atoms with Crippen LogP contribution in [-0.4, -0.2) is 30.9 Å². The van der Waals surface area contributed by atoms with E-state index in [0.717, 1.165) is 11.1 Å². The molecule has 0 aromatic heterocycles. The Morgan fingerprint density at radius 1 is 1.00 bits per heavy atom. The SMILES string of the molecule is Cc1cccc(NC(=O)CNC(=O)COC(=O)c2ccc(Cl)c(Cl)c2)c1C. The second-order valence-corrected chi connectivity index (χ2v) is 6.59. The molecule has 142 valence electrons. The van der Waals surface area contributed by atoms with Crippen molar-refractivity contribution in [1.82, 2.24) is 5.32 Å². The third-order valence-electron chi connectivity index (χ3n) is 3.81. The monoisotopic (exact) mass is 408 g/mol. The van der Waals surface area contributed by atoms with Gasteiger partial charge in [0.15, 0.2) is 6.61 Å². The van der Waals surface area contributed by atoms with Gasteiger partial charge in [0.1, 0.15) is 0 Å². The van der Waals surface area contributed by atoms with Crippen molar-refractivity contribution in [2.24, 2.45) is 0 Å². The average molecular weight is 409 g/mol. The summed E-state index contributed by atoms with van der Waals surface area (Å²) in [6.45, 7) is 3.08. The van der Waals surface area contributed by atoms with E-state index >= 15 is 0 Å². The van der Waals surface area contributed by atoms with Crippen molar-refractivity contribution < 1.29 is 19.1 Å². The predicted molar refractivity (Wildman–Crippen MR) is 104 cm³/mol. The van der Waals surface area contributed by atoms with Crippen LogP contribution in [0, 0.1) is 13.8 Å². The lowest BCUT2D eigenvalue weighted by Gasteiger charge is -2.11. The Bertz CT molecular complexity index is 884. The van der Waals surface area contributed by atoms with Crippen LogP contribution in [0.25, 0.3) is 0 Å². The number of anilines is 1. The number of amides is 2. The number of benzene rings is 2. The number of carbonyl (C=O) groups excluding carboxylic acids is 3. The third-order valence-corrected chi connectivity index (χ3v) is 4.55. The normalized spacial score (nSPS) is 10.2. The fraction of sp³-hybridized carbons (Fsp3) is 0.211. The highest BCUT2D eigenvalue weighted by Gasteiger charge is 2.13. The van der Waals surface area contributed by atoms with Crippen LogP contribution in [-0.2, 0) is 14.3 Å². The van der Waals surface area contributed by atoms with Gasteiger partial charge < -0.3 is 15.4 Å². The predicted octanol–water partition coefficient (Wildman–Crippen LogP) is 3.52. The number of carbonyl (C=O) groups is 3. The van der Waals surface area contributed by atoms with Crippen molar-refractivity contribution in [3.63, 3.8) is 0 Å². The standard InChI is InChI=1S/C19H18Cl2N2O4/c1-11-4-3-5-16(12(11)2)23-17(24)9-22-18(25)10-27-19(26)13-6-7-14(20)15(21)8-13/h3-8H,9-10H2,1-2H3,(H,22,25)(H,23,24). The zero-order valence-electron chi connectivity index (χ0n) is 14.8. The fourth-order valence-corrected chi connectivity index (χ4v) is 2.45. The Morgan fingerprint density at radius 2 is 1.74 bits per heavy atom. The van der Waals surface area contributed by atoms with Gasteiger partial charge in [0, 0.05) is 5.69 Å². The summed E-state index contributed by atoms with van der Waals surface area (Å²) in [7, 11) is 0. The van der Waals surface area contributed by atoms with Crippen molar-refractivity contribution in [2.75, 3.05) is 18.5 Å². The maximum atomic E-state index is 11.9. The maximum absolute atomic E-state index is 11.9. The Hall–Kier alpha value is -2.57. The quantitative estimate of drug-likeness (QED) is 0.716. The van der Waals surface area contributed by atoms with Crippen LogP contribution < -0.4 is 10.6 Å². The number of hydrogen-bond donors (Lipinski definition) is 2. The van der Waals surface area contributed by atoms with Crippen molar-refractivity contribution in [2.45, 2.75) is 13.8 Å². The van der Waals surface area contributed by atoms with Gasteiger partial charge in [-0.2, -0.15) is 0 Å². The summed E-state index contributed by atoms with van der Waals surface area (Å²) >= 11 is 11.6. The van der Waals surface area contributed by atoms with Gasteiger partial charge in [0.2, 0.25) is 5.91 Å². The van der Waals surface area contributed by atoms with Crippen LogP contribution in [0.15, 0.2) is 36.4 Å². The molecule has 0 atom stereocenters. The van der Waals surface area contributed by atoms with Crippen molar-refractivity contribution in [3.8, 4) is 0 Å². The zero-order valence-corrected chi connectivity index (χ0v) is 16.3. The second kappa shape index (κ2) is 9.39. The lowest BCUT2D eigenvalue weighted by atomic mass is 10.1. The van der Waals surface area contributed by atoms with Gasteiger partial charge in [-0.15, -0.1) is 0 Å². The molecule has 2 aromatic rings. The number of hydrogen-bond acceptors (Lipinski definition) is 4. The topological polar surface area (TPSA) is 84.5 Å². The molecule has 0 saturated carbocycles. The van der Waals surface area contributed by atoms with Gasteiger partial charge in [-0.1, -0.05) is 35.3 Å². The Labute approximate surface area is 166 Å². The van der Waals surface area contributed by atoms with Crippen LogP contribution in [0.4, 0.5) is 5.69 Å². The van der Waals surface area contributed by atoms with E-state index in [1.54, 1.807) is 6.07 Å². The Morgan fingerprint density at radius 3 is 2.44 bits per heavy atom. The van der Waals surface area contributed by atoms with E-state index in [4.69, 9.17) is 27.9 Å². The Balaban J connectivity index is 1.78. The summed E-state index contributed by atoms with van der Waals surface area (Å²) in [6.07, 6.45) is 0. The molecule has 0 fully saturated rings. The van der Waals surface area contributed by atoms with Crippen molar-refractivity contribution >= 4 is 46.7 Å². The van der Waals surface area contributed by atoms with E-state index < -0.39 is 18.5 Å². The molecule has 27 heavy (non-hydrogen) atoms. The Kier molecular flexibility index (Phi) is 7.21. The highest BCUT2D eigenvalue weighted by molar-refractivity contribution is 6.42. The molecule has 0 radical (unpaired) electrons. The molecule has 0 aliphatic heterocycles. The number of ether oxygens (including phenoxy) is 1. The largest absolute Gasteiger partial charge is 0.452 e. The van der Waals surface area contributed by atoms with Gasteiger partial charge in [-0.3, -0.25) is 9.59 Å².